The Morgan fingerprint density at radius 2 is 2.13 bits per heavy atom. The lowest BCUT2D eigenvalue weighted by molar-refractivity contribution is 0.0868. The van der Waals surface area contributed by atoms with Gasteiger partial charge in [-0.25, -0.2) is 17.9 Å². The lowest BCUT2D eigenvalue weighted by Crippen LogP contribution is -2.43. The van der Waals surface area contributed by atoms with Gasteiger partial charge >= 0.3 is 6.03 Å². The van der Waals surface area contributed by atoms with E-state index in [1.54, 1.807) is 13.0 Å². The summed E-state index contributed by atoms with van der Waals surface area (Å²) in [5, 5.41) is 5.53. The molecule has 1 heterocycles. The minimum absolute atomic E-state index is 0.0258. The van der Waals surface area contributed by atoms with Crippen molar-refractivity contribution in [1.82, 2.24) is 10.0 Å². The quantitative estimate of drug-likeness (QED) is 0.758. The highest BCUT2D eigenvalue weighted by molar-refractivity contribution is 7.89. The van der Waals surface area contributed by atoms with Crippen LogP contribution < -0.4 is 15.4 Å². The second-order valence-corrected chi connectivity index (χ2v) is 7.51. The molecule has 2 amide bonds. The minimum Gasteiger partial charge on any atom is -0.376 e. The van der Waals surface area contributed by atoms with Crippen LogP contribution in [0.4, 0.5) is 10.5 Å². The van der Waals surface area contributed by atoms with Gasteiger partial charge in [-0.2, -0.15) is 0 Å². The van der Waals surface area contributed by atoms with E-state index in [0.717, 1.165) is 25.0 Å². The van der Waals surface area contributed by atoms with Crippen molar-refractivity contribution < 1.29 is 17.9 Å². The Kier molecular flexibility index (Phi) is 5.61. The lowest BCUT2D eigenvalue weighted by Gasteiger charge is -2.20. The molecule has 1 aromatic carbocycles. The number of rotatable bonds is 5. The van der Waals surface area contributed by atoms with E-state index in [1.807, 2.05) is 6.92 Å². The maximum atomic E-state index is 12.1. The zero-order valence-electron chi connectivity index (χ0n) is 13.5. The Labute approximate surface area is 136 Å². The molecule has 0 spiro atoms. The predicted molar refractivity (Wildman–Crippen MR) is 88.0 cm³/mol. The molecule has 0 unspecified atom stereocenters. The number of hydrogen-bond donors (Lipinski definition) is 3. The molecular weight excluding hydrogens is 318 g/mol. The van der Waals surface area contributed by atoms with E-state index in [-0.39, 0.29) is 23.1 Å². The molecule has 1 saturated heterocycles. The van der Waals surface area contributed by atoms with E-state index in [1.165, 1.54) is 19.2 Å². The third-order valence-electron chi connectivity index (χ3n) is 3.92. The van der Waals surface area contributed by atoms with Crippen LogP contribution in [0.5, 0.6) is 0 Å². The fourth-order valence-corrected chi connectivity index (χ4v) is 3.23. The van der Waals surface area contributed by atoms with Crippen LogP contribution in [0.1, 0.15) is 25.3 Å². The molecule has 2 rings (SSSR count). The van der Waals surface area contributed by atoms with Crippen molar-refractivity contribution in [3.8, 4) is 0 Å². The predicted octanol–water partition coefficient (Wildman–Crippen LogP) is 1.59. The van der Waals surface area contributed by atoms with Gasteiger partial charge in [-0.15, -0.1) is 0 Å². The number of sulfonamides is 1. The van der Waals surface area contributed by atoms with Crippen molar-refractivity contribution in [1.29, 1.82) is 0 Å². The Morgan fingerprint density at radius 1 is 1.39 bits per heavy atom. The van der Waals surface area contributed by atoms with Crippen LogP contribution in [0, 0.1) is 6.92 Å². The van der Waals surface area contributed by atoms with Gasteiger partial charge < -0.3 is 15.4 Å². The molecule has 8 heteroatoms. The van der Waals surface area contributed by atoms with E-state index >= 15 is 0 Å². The summed E-state index contributed by atoms with van der Waals surface area (Å²) in [6, 6.07) is 4.11. The number of amides is 2. The average Bonchev–Trinajstić information content (AvgIpc) is 3.03. The van der Waals surface area contributed by atoms with E-state index in [9.17, 15) is 13.2 Å². The number of carbonyl (C=O) groups excluding carboxylic acids is 1. The molecule has 0 saturated carbocycles. The number of carbonyl (C=O) groups is 1. The summed E-state index contributed by atoms with van der Waals surface area (Å²) >= 11 is 0. The average molecular weight is 341 g/mol. The largest absolute Gasteiger partial charge is 0.376 e. The zero-order valence-corrected chi connectivity index (χ0v) is 14.4. The first-order valence-corrected chi connectivity index (χ1v) is 9.05. The molecule has 3 N–H and O–H groups in total. The van der Waals surface area contributed by atoms with Gasteiger partial charge in [0, 0.05) is 12.3 Å². The molecule has 1 aliphatic rings. The SMILES string of the molecule is CNS(=O)(=O)c1ccc(C)c(NC(=O)N[C@H](C)[C@H]2CCCO2)c1. The zero-order chi connectivity index (χ0) is 17.0. The molecule has 7 nitrogen and oxygen atoms in total. The highest BCUT2D eigenvalue weighted by Gasteiger charge is 2.24. The van der Waals surface area contributed by atoms with Crippen LogP contribution in [0.15, 0.2) is 23.1 Å². The molecular formula is C15H23N3O4S. The van der Waals surface area contributed by atoms with Crippen molar-refractivity contribution in [3.63, 3.8) is 0 Å². The minimum atomic E-state index is -3.55. The fourth-order valence-electron chi connectivity index (χ4n) is 2.48. The van der Waals surface area contributed by atoms with Gasteiger partial charge in [0.1, 0.15) is 0 Å². The Bertz CT molecular complexity index is 669. The highest BCUT2D eigenvalue weighted by Crippen LogP contribution is 2.20. The molecule has 23 heavy (non-hydrogen) atoms. The molecule has 0 bridgehead atoms. The summed E-state index contributed by atoms with van der Waals surface area (Å²) in [4.78, 5) is 12.2. The fraction of sp³-hybridized carbons (Fsp3) is 0.533. The van der Waals surface area contributed by atoms with Gasteiger partial charge in [0.05, 0.1) is 17.0 Å². The van der Waals surface area contributed by atoms with E-state index in [2.05, 4.69) is 15.4 Å². The van der Waals surface area contributed by atoms with Crippen molar-refractivity contribution in [3.05, 3.63) is 23.8 Å². The first kappa shape index (κ1) is 17.7. The van der Waals surface area contributed by atoms with Crippen LogP contribution in [0.3, 0.4) is 0 Å². The van der Waals surface area contributed by atoms with Gasteiger partial charge in [-0.1, -0.05) is 6.07 Å². The summed E-state index contributed by atoms with van der Waals surface area (Å²) in [5.74, 6) is 0. The molecule has 0 radical (unpaired) electrons. The summed E-state index contributed by atoms with van der Waals surface area (Å²) in [7, 11) is -2.21. The molecule has 0 aliphatic carbocycles. The number of ether oxygens (including phenoxy) is 1. The van der Waals surface area contributed by atoms with E-state index in [0.29, 0.717) is 5.69 Å². The van der Waals surface area contributed by atoms with E-state index in [4.69, 9.17) is 4.74 Å². The van der Waals surface area contributed by atoms with Crippen molar-refractivity contribution in [2.75, 3.05) is 19.0 Å². The standard InChI is InChI=1S/C15H23N3O4S/c1-10-6-7-12(23(20,21)16-3)9-13(10)18-15(19)17-11(2)14-5-4-8-22-14/h6-7,9,11,14,16H,4-5,8H2,1-3H3,(H2,17,18,19)/t11-,14-/m1/s1. The number of benzene rings is 1. The van der Waals surface area contributed by atoms with Crippen LogP contribution >= 0.6 is 0 Å². The lowest BCUT2D eigenvalue weighted by atomic mass is 10.1. The van der Waals surface area contributed by atoms with Crippen LogP contribution in [0.25, 0.3) is 0 Å². The second-order valence-electron chi connectivity index (χ2n) is 5.62. The van der Waals surface area contributed by atoms with Crippen LogP contribution in [0.2, 0.25) is 0 Å². The second kappa shape index (κ2) is 7.29. The van der Waals surface area contributed by atoms with Crippen molar-refractivity contribution >= 4 is 21.7 Å². The number of nitrogens with one attached hydrogen (secondary N) is 3. The maximum Gasteiger partial charge on any atom is 0.319 e. The summed E-state index contributed by atoms with van der Waals surface area (Å²) < 4.78 is 31.5. The summed E-state index contributed by atoms with van der Waals surface area (Å²) in [5.41, 5.74) is 1.23. The topological polar surface area (TPSA) is 96.5 Å². The smallest absolute Gasteiger partial charge is 0.319 e. The van der Waals surface area contributed by atoms with Gasteiger partial charge in [0.2, 0.25) is 10.0 Å². The number of aryl methyl sites for hydroxylation is 1. The van der Waals surface area contributed by atoms with Crippen molar-refractivity contribution in [2.24, 2.45) is 0 Å². The van der Waals surface area contributed by atoms with Gasteiger partial charge in [-0.05, 0) is 51.4 Å². The Hall–Kier alpha value is -1.64. The van der Waals surface area contributed by atoms with Crippen LogP contribution in [-0.2, 0) is 14.8 Å². The van der Waals surface area contributed by atoms with E-state index < -0.39 is 10.0 Å². The van der Waals surface area contributed by atoms with Gasteiger partial charge in [0.25, 0.3) is 0 Å². The number of hydrogen-bond acceptors (Lipinski definition) is 4. The maximum absolute atomic E-state index is 12.1. The number of urea groups is 1. The summed E-state index contributed by atoms with van der Waals surface area (Å²) in [6.07, 6.45) is 1.95. The van der Waals surface area contributed by atoms with Gasteiger partial charge in [0.15, 0.2) is 0 Å². The van der Waals surface area contributed by atoms with Crippen LogP contribution in [-0.4, -0.2) is 40.2 Å². The molecule has 1 aliphatic heterocycles. The third-order valence-corrected chi connectivity index (χ3v) is 5.33. The monoisotopic (exact) mass is 341 g/mol. The summed E-state index contributed by atoms with van der Waals surface area (Å²) in [6.45, 7) is 4.42. The highest BCUT2D eigenvalue weighted by atomic mass is 32.2. The first-order chi connectivity index (χ1) is 10.8. The molecule has 2 atom stereocenters. The molecule has 0 aromatic heterocycles. The molecule has 1 aromatic rings. The van der Waals surface area contributed by atoms with Gasteiger partial charge in [-0.3, -0.25) is 0 Å². The number of anilines is 1. The third kappa shape index (κ3) is 4.43. The molecule has 128 valence electrons. The van der Waals surface area contributed by atoms with Crippen molar-refractivity contribution in [2.45, 2.75) is 43.7 Å². The molecule has 1 fully saturated rings. The normalized spacial score (nSPS) is 19.3. The Balaban J connectivity index is 2.06. The first-order valence-electron chi connectivity index (χ1n) is 7.57. The Morgan fingerprint density at radius 3 is 2.74 bits per heavy atom.